The van der Waals surface area contributed by atoms with Crippen LogP contribution in [0.2, 0.25) is 5.02 Å². The van der Waals surface area contributed by atoms with E-state index in [9.17, 15) is 4.39 Å². The lowest BCUT2D eigenvalue weighted by Gasteiger charge is -2.14. The van der Waals surface area contributed by atoms with Gasteiger partial charge in [-0.15, -0.1) is 0 Å². The molecular formula is C17H19ClFN. The summed E-state index contributed by atoms with van der Waals surface area (Å²) in [5, 5.41) is 4.09. The fraction of sp³-hybridized carbons (Fsp3) is 0.294. The van der Waals surface area contributed by atoms with Gasteiger partial charge >= 0.3 is 0 Å². The fourth-order valence-electron chi connectivity index (χ4n) is 2.10. The van der Waals surface area contributed by atoms with Crippen molar-refractivity contribution < 1.29 is 4.39 Å². The largest absolute Gasteiger partial charge is 0.310 e. The van der Waals surface area contributed by atoms with Crippen molar-refractivity contribution in [1.29, 1.82) is 0 Å². The first-order valence-electron chi connectivity index (χ1n) is 6.75. The summed E-state index contributed by atoms with van der Waals surface area (Å²) in [7, 11) is 0. The van der Waals surface area contributed by atoms with E-state index in [0.717, 1.165) is 23.2 Å². The highest BCUT2D eigenvalue weighted by molar-refractivity contribution is 6.30. The Hall–Kier alpha value is -1.38. The van der Waals surface area contributed by atoms with E-state index in [-0.39, 0.29) is 5.82 Å². The first kappa shape index (κ1) is 15.0. The zero-order valence-corrected chi connectivity index (χ0v) is 12.8. The van der Waals surface area contributed by atoms with Crippen molar-refractivity contribution in [3.63, 3.8) is 0 Å². The van der Waals surface area contributed by atoms with E-state index in [1.54, 1.807) is 13.0 Å². The number of rotatable bonds is 4. The number of benzene rings is 2. The summed E-state index contributed by atoms with van der Waals surface area (Å²) in [5.41, 5.74) is 3.85. The third kappa shape index (κ3) is 3.59. The average Bonchev–Trinajstić information content (AvgIpc) is 2.40. The molecule has 2 aromatic carbocycles. The zero-order valence-electron chi connectivity index (χ0n) is 12.0. The molecular weight excluding hydrogens is 273 g/mol. The Balaban J connectivity index is 2.42. The second kappa shape index (κ2) is 6.38. The van der Waals surface area contributed by atoms with Gasteiger partial charge in [0.2, 0.25) is 0 Å². The van der Waals surface area contributed by atoms with E-state index < -0.39 is 0 Å². The summed E-state index contributed by atoms with van der Waals surface area (Å²) in [6.45, 7) is 6.76. The van der Waals surface area contributed by atoms with E-state index in [0.29, 0.717) is 16.6 Å². The number of aryl methyl sites for hydroxylation is 1. The molecule has 0 atom stereocenters. The third-order valence-electron chi connectivity index (χ3n) is 3.24. The molecule has 0 amide bonds. The molecule has 0 aliphatic rings. The van der Waals surface area contributed by atoms with Gasteiger partial charge in [-0.25, -0.2) is 4.39 Å². The molecule has 0 spiro atoms. The molecule has 0 aromatic heterocycles. The minimum Gasteiger partial charge on any atom is -0.310 e. The molecule has 0 saturated heterocycles. The Labute approximate surface area is 124 Å². The number of hydrogen-bond donors (Lipinski definition) is 1. The minimum absolute atomic E-state index is 0.183. The second-order valence-electron chi connectivity index (χ2n) is 5.30. The quantitative estimate of drug-likeness (QED) is 0.840. The number of halogens is 2. The van der Waals surface area contributed by atoms with Crippen LogP contribution in [0.4, 0.5) is 4.39 Å². The molecule has 0 saturated carbocycles. The normalized spacial score (nSPS) is 11.1. The molecule has 1 N–H and O–H groups in total. The van der Waals surface area contributed by atoms with Gasteiger partial charge in [-0.2, -0.15) is 0 Å². The van der Waals surface area contributed by atoms with Crippen molar-refractivity contribution in [3.8, 4) is 11.1 Å². The predicted molar refractivity (Wildman–Crippen MR) is 83.6 cm³/mol. The van der Waals surface area contributed by atoms with Gasteiger partial charge in [-0.05, 0) is 53.4 Å². The van der Waals surface area contributed by atoms with Gasteiger partial charge in [0.1, 0.15) is 5.82 Å². The van der Waals surface area contributed by atoms with Crippen molar-refractivity contribution in [1.82, 2.24) is 5.32 Å². The molecule has 0 aliphatic carbocycles. The summed E-state index contributed by atoms with van der Waals surface area (Å²) >= 11 is 6.11. The van der Waals surface area contributed by atoms with Crippen LogP contribution in [0.25, 0.3) is 11.1 Å². The van der Waals surface area contributed by atoms with Crippen LogP contribution >= 0.6 is 11.6 Å². The van der Waals surface area contributed by atoms with E-state index in [2.05, 4.69) is 19.2 Å². The highest BCUT2D eigenvalue weighted by atomic mass is 35.5. The van der Waals surface area contributed by atoms with Crippen LogP contribution in [0.3, 0.4) is 0 Å². The van der Waals surface area contributed by atoms with Crippen LogP contribution in [0.5, 0.6) is 0 Å². The number of hydrogen-bond acceptors (Lipinski definition) is 1. The lowest BCUT2D eigenvalue weighted by Crippen LogP contribution is -2.22. The van der Waals surface area contributed by atoms with Gasteiger partial charge in [0.25, 0.3) is 0 Å². The Kier molecular flexibility index (Phi) is 4.79. The molecule has 0 heterocycles. The van der Waals surface area contributed by atoms with Crippen LogP contribution in [-0.4, -0.2) is 6.04 Å². The van der Waals surface area contributed by atoms with Crippen LogP contribution in [0, 0.1) is 12.7 Å². The first-order chi connectivity index (χ1) is 9.47. The van der Waals surface area contributed by atoms with Crippen LogP contribution in [0.15, 0.2) is 36.4 Å². The van der Waals surface area contributed by atoms with Crippen molar-refractivity contribution in [2.75, 3.05) is 0 Å². The number of nitrogens with one attached hydrogen (secondary N) is 1. The summed E-state index contributed by atoms with van der Waals surface area (Å²) in [6.07, 6.45) is 0. The van der Waals surface area contributed by atoms with Crippen LogP contribution in [0.1, 0.15) is 25.0 Å². The van der Waals surface area contributed by atoms with Gasteiger partial charge < -0.3 is 5.32 Å². The maximum atomic E-state index is 13.4. The molecule has 0 unspecified atom stereocenters. The Morgan fingerprint density at radius 3 is 2.55 bits per heavy atom. The maximum absolute atomic E-state index is 13.4. The fourth-order valence-corrected chi connectivity index (χ4v) is 2.27. The SMILES string of the molecule is Cc1cc(-c2cc(Cl)ccc2CNC(C)C)ccc1F. The molecule has 0 bridgehead atoms. The van der Waals surface area contributed by atoms with Gasteiger partial charge in [0.05, 0.1) is 0 Å². The average molecular weight is 292 g/mol. The molecule has 1 nitrogen and oxygen atoms in total. The molecule has 3 heteroatoms. The Morgan fingerprint density at radius 2 is 1.90 bits per heavy atom. The maximum Gasteiger partial charge on any atom is 0.126 e. The molecule has 0 aliphatic heterocycles. The topological polar surface area (TPSA) is 12.0 Å². The lowest BCUT2D eigenvalue weighted by molar-refractivity contribution is 0.589. The van der Waals surface area contributed by atoms with Gasteiger partial charge in [-0.1, -0.05) is 37.6 Å². The van der Waals surface area contributed by atoms with Gasteiger partial charge in [0.15, 0.2) is 0 Å². The zero-order chi connectivity index (χ0) is 14.7. The molecule has 2 aromatic rings. The van der Waals surface area contributed by atoms with E-state index >= 15 is 0 Å². The van der Waals surface area contributed by atoms with E-state index in [4.69, 9.17) is 11.6 Å². The van der Waals surface area contributed by atoms with E-state index in [1.807, 2.05) is 24.3 Å². The van der Waals surface area contributed by atoms with E-state index in [1.165, 1.54) is 6.07 Å². The summed E-state index contributed by atoms with van der Waals surface area (Å²) in [6, 6.07) is 11.4. The third-order valence-corrected chi connectivity index (χ3v) is 3.48. The predicted octanol–water partition coefficient (Wildman–Crippen LogP) is 4.95. The lowest BCUT2D eigenvalue weighted by atomic mass is 9.98. The molecule has 2 rings (SSSR count). The molecule has 0 radical (unpaired) electrons. The molecule has 106 valence electrons. The second-order valence-corrected chi connectivity index (χ2v) is 5.74. The minimum atomic E-state index is -0.183. The Bertz CT molecular complexity index is 608. The van der Waals surface area contributed by atoms with Crippen LogP contribution < -0.4 is 5.32 Å². The van der Waals surface area contributed by atoms with Crippen molar-refractivity contribution in [2.24, 2.45) is 0 Å². The van der Waals surface area contributed by atoms with Gasteiger partial charge in [-0.3, -0.25) is 0 Å². The summed E-state index contributed by atoms with van der Waals surface area (Å²) in [5.74, 6) is -0.183. The summed E-state index contributed by atoms with van der Waals surface area (Å²) < 4.78 is 13.4. The first-order valence-corrected chi connectivity index (χ1v) is 7.13. The van der Waals surface area contributed by atoms with Gasteiger partial charge in [0, 0.05) is 17.6 Å². The van der Waals surface area contributed by atoms with Crippen molar-refractivity contribution >= 4 is 11.6 Å². The molecule has 0 fully saturated rings. The highest BCUT2D eigenvalue weighted by Crippen LogP contribution is 2.28. The highest BCUT2D eigenvalue weighted by Gasteiger charge is 2.08. The van der Waals surface area contributed by atoms with Crippen molar-refractivity contribution in [2.45, 2.75) is 33.4 Å². The monoisotopic (exact) mass is 291 g/mol. The standard InChI is InChI=1S/C17H19ClFN/c1-11(2)20-10-14-4-6-15(18)9-16(14)13-5-7-17(19)12(3)8-13/h4-9,11,20H,10H2,1-3H3. The molecule has 20 heavy (non-hydrogen) atoms. The van der Waals surface area contributed by atoms with Crippen LogP contribution in [-0.2, 0) is 6.54 Å². The summed E-state index contributed by atoms with van der Waals surface area (Å²) in [4.78, 5) is 0. The smallest absolute Gasteiger partial charge is 0.126 e. The van der Waals surface area contributed by atoms with Crippen molar-refractivity contribution in [3.05, 3.63) is 58.4 Å². The Morgan fingerprint density at radius 1 is 1.15 bits per heavy atom.